The number of carboxylic acid groups (broad SMARTS) is 1. The molecule has 1 amide bonds. The molecule has 0 aliphatic carbocycles. The first-order valence-electron chi connectivity index (χ1n) is 7.11. The van der Waals surface area contributed by atoms with Gasteiger partial charge < -0.3 is 10.0 Å². The third-order valence-electron chi connectivity index (χ3n) is 3.93. The molecule has 0 fully saturated rings. The molecular weight excluding hydrogens is 314 g/mol. The van der Waals surface area contributed by atoms with E-state index in [0.29, 0.717) is 22.7 Å². The highest BCUT2D eigenvalue weighted by molar-refractivity contribution is 6.30. The summed E-state index contributed by atoms with van der Waals surface area (Å²) in [5.74, 6) is -1.42. The van der Waals surface area contributed by atoms with E-state index in [1.54, 1.807) is 47.4 Å². The lowest BCUT2D eigenvalue weighted by molar-refractivity contribution is 0.0692. The SMILES string of the molecule is C=CC[C@H]1c2cccc(C(=O)O)c2C(=O)N1c1ccc(Cl)cc1. The zero-order valence-corrected chi connectivity index (χ0v) is 13.0. The maximum atomic E-state index is 12.9. The van der Waals surface area contributed by atoms with Crippen molar-refractivity contribution in [3.05, 3.63) is 76.8 Å². The lowest BCUT2D eigenvalue weighted by atomic mass is 9.98. The lowest BCUT2D eigenvalue weighted by Gasteiger charge is -2.24. The third kappa shape index (κ3) is 2.51. The van der Waals surface area contributed by atoms with Gasteiger partial charge in [-0.05, 0) is 42.3 Å². The van der Waals surface area contributed by atoms with Gasteiger partial charge in [-0.25, -0.2) is 4.79 Å². The summed E-state index contributed by atoms with van der Waals surface area (Å²) in [6, 6.07) is 11.6. The van der Waals surface area contributed by atoms with Gasteiger partial charge in [0.15, 0.2) is 0 Å². The molecule has 2 aromatic rings. The number of carbonyl (C=O) groups is 2. The monoisotopic (exact) mass is 327 g/mol. The smallest absolute Gasteiger partial charge is 0.336 e. The number of carbonyl (C=O) groups excluding carboxylic acids is 1. The van der Waals surface area contributed by atoms with Crippen LogP contribution in [0.1, 0.15) is 38.7 Å². The van der Waals surface area contributed by atoms with Gasteiger partial charge in [0.25, 0.3) is 5.91 Å². The summed E-state index contributed by atoms with van der Waals surface area (Å²) in [5, 5.41) is 9.94. The maximum Gasteiger partial charge on any atom is 0.336 e. The minimum atomic E-state index is -1.11. The molecule has 0 saturated carbocycles. The van der Waals surface area contributed by atoms with E-state index in [1.807, 2.05) is 0 Å². The van der Waals surface area contributed by atoms with Crippen molar-refractivity contribution in [3.63, 3.8) is 0 Å². The van der Waals surface area contributed by atoms with Crippen LogP contribution in [0.3, 0.4) is 0 Å². The number of amides is 1. The van der Waals surface area contributed by atoms with Crippen LogP contribution in [-0.2, 0) is 0 Å². The van der Waals surface area contributed by atoms with Crippen molar-refractivity contribution in [1.29, 1.82) is 0 Å². The zero-order chi connectivity index (χ0) is 16.6. The molecule has 1 heterocycles. The van der Waals surface area contributed by atoms with Gasteiger partial charge in [0.05, 0.1) is 17.2 Å². The first kappa shape index (κ1) is 15.3. The van der Waals surface area contributed by atoms with Crippen LogP contribution < -0.4 is 4.90 Å². The Morgan fingerprint density at radius 3 is 2.57 bits per heavy atom. The van der Waals surface area contributed by atoms with E-state index in [1.165, 1.54) is 6.07 Å². The minimum Gasteiger partial charge on any atom is -0.478 e. The number of halogens is 1. The van der Waals surface area contributed by atoms with Crippen molar-refractivity contribution in [2.75, 3.05) is 4.90 Å². The largest absolute Gasteiger partial charge is 0.478 e. The Labute approximate surface area is 138 Å². The van der Waals surface area contributed by atoms with Crippen molar-refractivity contribution in [2.24, 2.45) is 0 Å². The van der Waals surface area contributed by atoms with Gasteiger partial charge in [-0.1, -0.05) is 29.8 Å². The average Bonchev–Trinajstić information content (AvgIpc) is 2.81. The number of anilines is 1. The molecule has 0 bridgehead atoms. The normalized spacial score (nSPS) is 16.3. The summed E-state index contributed by atoms with van der Waals surface area (Å²) in [6.45, 7) is 3.75. The van der Waals surface area contributed by atoms with Crippen LogP contribution in [0.15, 0.2) is 55.1 Å². The van der Waals surface area contributed by atoms with Crippen LogP contribution in [0.5, 0.6) is 0 Å². The van der Waals surface area contributed by atoms with Gasteiger partial charge in [-0.2, -0.15) is 0 Å². The van der Waals surface area contributed by atoms with Gasteiger partial charge in [0, 0.05) is 10.7 Å². The molecule has 0 aromatic heterocycles. The van der Waals surface area contributed by atoms with E-state index in [4.69, 9.17) is 11.6 Å². The molecule has 3 rings (SSSR count). The standard InChI is InChI=1S/C18H14ClNO3/c1-2-4-15-13-5-3-6-14(18(22)23)16(13)17(21)20(15)12-9-7-11(19)8-10-12/h2-3,5-10,15H,1,4H2,(H,22,23)/t15-/m0/s1. The van der Waals surface area contributed by atoms with E-state index in [9.17, 15) is 14.7 Å². The van der Waals surface area contributed by atoms with E-state index in [2.05, 4.69) is 6.58 Å². The van der Waals surface area contributed by atoms with Gasteiger partial charge in [-0.3, -0.25) is 4.79 Å². The molecule has 1 atom stereocenters. The molecule has 1 aliphatic rings. The Bertz CT molecular complexity index is 798. The first-order chi connectivity index (χ1) is 11.0. The van der Waals surface area contributed by atoms with Crippen LogP contribution in [0.4, 0.5) is 5.69 Å². The predicted octanol–water partition coefficient (Wildman–Crippen LogP) is 4.32. The number of rotatable bonds is 4. The molecule has 1 N–H and O–H groups in total. The Balaban J connectivity index is 2.17. The van der Waals surface area contributed by atoms with Crippen molar-refractivity contribution in [3.8, 4) is 0 Å². The summed E-state index contributed by atoms with van der Waals surface area (Å²) in [6.07, 6.45) is 2.26. The van der Waals surface area contributed by atoms with Crippen LogP contribution >= 0.6 is 11.6 Å². The number of hydrogen-bond acceptors (Lipinski definition) is 2. The Hall–Kier alpha value is -2.59. The van der Waals surface area contributed by atoms with Crippen LogP contribution in [0.2, 0.25) is 5.02 Å². The van der Waals surface area contributed by atoms with E-state index >= 15 is 0 Å². The molecule has 0 saturated heterocycles. The Morgan fingerprint density at radius 2 is 1.96 bits per heavy atom. The number of fused-ring (bicyclic) bond motifs is 1. The quantitative estimate of drug-likeness (QED) is 0.851. The van der Waals surface area contributed by atoms with Gasteiger partial charge in [0.2, 0.25) is 0 Å². The maximum absolute atomic E-state index is 12.9. The minimum absolute atomic E-state index is 0.0259. The Morgan fingerprint density at radius 1 is 1.26 bits per heavy atom. The second kappa shape index (κ2) is 5.89. The lowest BCUT2D eigenvalue weighted by Crippen LogP contribution is -2.27. The average molecular weight is 328 g/mol. The van der Waals surface area contributed by atoms with E-state index in [0.717, 1.165) is 0 Å². The summed E-state index contributed by atoms with van der Waals surface area (Å²) >= 11 is 5.91. The van der Waals surface area contributed by atoms with Crippen LogP contribution in [-0.4, -0.2) is 17.0 Å². The van der Waals surface area contributed by atoms with Crippen LogP contribution in [0.25, 0.3) is 0 Å². The number of hydrogen-bond donors (Lipinski definition) is 1. The van der Waals surface area contributed by atoms with Gasteiger partial charge in [0.1, 0.15) is 0 Å². The Kier molecular flexibility index (Phi) is 3.92. The van der Waals surface area contributed by atoms with Crippen LogP contribution in [0, 0.1) is 0 Å². The molecule has 1 aliphatic heterocycles. The summed E-state index contributed by atoms with van der Waals surface area (Å²) in [5.41, 5.74) is 1.67. The molecule has 23 heavy (non-hydrogen) atoms. The molecule has 5 heteroatoms. The molecule has 116 valence electrons. The van der Waals surface area contributed by atoms with E-state index < -0.39 is 5.97 Å². The second-order valence-corrected chi connectivity index (χ2v) is 5.70. The molecule has 0 radical (unpaired) electrons. The van der Waals surface area contributed by atoms with E-state index in [-0.39, 0.29) is 23.1 Å². The van der Waals surface area contributed by atoms with Gasteiger partial charge in [-0.15, -0.1) is 6.58 Å². The first-order valence-corrected chi connectivity index (χ1v) is 7.48. The highest BCUT2D eigenvalue weighted by atomic mass is 35.5. The van der Waals surface area contributed by atoms with Gasteiger partial charge >= 0.3 is 5.97 Å². The summed E-state index contributed by atoms with van der Waals surface area (Å²) in [7, 11) is 0. The van der Waals surface area contributed by atoms with Crippen molar-refractivity contribution < 1.29 is 14.7 Å². The molecule has 2 aromatic carbocycles. The molecule has 0 spiro atoms. The number of benzene rings is 2. The number of nitrogens with zero attached hydrogens (tertiary/aromatic N) is 1. The fourth-order valence-corrected chi connectivity index (χ4v) is 3.08. The number of aromatic carboxylic acids is 1. The number of carboxylic acids is 1. The predicted molar refractivity (Wildman–Crippen MR) is 89.2 cm³/mol. The fourth-order valence-electron chi connectivity index (χ4n) is 2.95. The second-order valence-electron chi connectivity index (χ2n) is 5.27. The van der Waals surface area contributed by atoms with Crippen molar-refractivity contribution >= 4 is 29.2 Å². The van der Waals surface area contributed by atoms with Crippen molar-refractivity contribution in [2.45, 2.75) is 12.5 Å². The highest BCUT2D eigenvalue weighted by Crippen LogP contribution is 2.41. The molecule has 0 unspecified atom stereocenters. The molecular formula is C18H14ClNO3. The molecule has 4 nitrogen and oxygen atoms in total. The summed E-state index contributed by atoms with van der Waals surface area (Å²) < 4.78 is 0. The topological polar surface area (TPSA) is 57.6 Å². The fraction of sp³-hybridized carbons (Fsp3) is 0.111. The van der Waals surface area contributed by atoms with Crippen molar-refractivity contribution in [1.82, 2.24) is 0 Å². The highest BCUT2D eigenvalue weighted by Gasteiger charge is 2.39. The third-order valence-corrected chi connectivity index (χ3v) is 4.18. The summed E-state index contributed by atoms with van der Waals surface area (Å²) in [4.78, 5) is 25.9. The zero-order valence-electron chi connectivity index (χ0n) is 12.2.